The monoisotopic (exact) mass is 412 g/mol. The highest BCUT2D eigenvalue weighted by molar-refractivity contribution is 5.86. The van der Waals surface area contributed by atoms with Crippen LogP contribution in [0, 0.1) is 20.2 Å². The highest BCUT2D eigenvalue weighted by atomic mass is 16.6. The Morgan fingerprint density at radius 3 is 1.57 bits per heavy atom. The van der Waals surface area contributed by atoms with Gasteiger partial charge in [0.1, 0.15) is 0 Å². The summed E-state index contributed by atoms with van der Waals surface area (Å²) in [6, 6.07) is 8.02. The Morgan fingerprint density at radius 1 is 0.800 bits per heavy atom. The second kappa shape index (κ2) is 9.12. The lowest BCUT2D eigenvalue weighted by atomic mass is 9.91. The number of aliphatic imine (C=N–C) groups is 2. The predicted molar refractivity (Wildman–Crippen MR) is 111 cm³/mol. The summed E-state index contributed by atoms with van der Waals surface area (Å²) in [6.45, 7) is 0. The Bertz CT molecular complexity index is 939. The van der Waals surface area contributed by atoms with E-state index in [0.717, 1.165) is 25.7 Å². The van der Waals surface area contributed by atoms with E-state index in [9.17, 15) is 30.4 Å². The van der Waals surface area contributed by atoms with Gasteiger partial charge >= 0.3 is 11.4 Å². The molecule has 0 spiro atoms. The van der Waals surface area contributed by atoms with Gasteiger partial charge in [-0.1, -0.05) is 25.0 Å². The maximum Gasteiger partial charge on any atom is 0.311 e. The summed E-state index contributed by atoms with van der Waals surface area (Å²) in [4.78, 5) is 29.6. The molecule has 2 atom stereocenters. The molecule has 2 aromatic rings. The van der Waals surface area contributed by atoms with E-state index >= 15 is 0 Å². The summed E-state index contributed by atoms with van der Waals surface area (Å²) in [5.74, 6) is -0.882. The molecule has 1 aliphatic rings. The van der Waals surface area contributed by atoms with E-state index in [-0.39, 0.29) is 23.2 Å². The third-order valence-corrected chi connectivity index (χ3v) is 4.99. The normalized spacial score (nSPS) is 19.3. The molecule has 0 radical (unpaired) electrons. The zero-order chi connectivity index (χ0) is 21.7. The third kappa shape index (κ3) is 4.59. The van der Waals surface area contributed by atoms with Gasteiger partial charge in [-0.05, 0) is 25.0 Å². The largest absolute Gasteiger partial charge is 0.502 e. The van der Waals surface area contributed by atoms with E-state index in [1.54, 1.807) is 0 Å². The molecule has 1 fully saturated rings. The third-order valence-electron chi connectivity index (χ3n) is 4.99. The number of phenolic OH excluding ortho intramolecular Hbond substituents is 2. The van der Waals surface area contributed by atoms with Gasteiger partial charge in [-0.15, -0.1) is 0 Å². The predicted octanol–water partition coefficient (Wildman–Crippen LogP) is 3.76. The van der Waals surface area contributed by atoms with Crippen molar-refractivity contribution in [3.63, 3.8) is 0 Å². The molecule has 3 rings (SSSR count). The van der Waals surface area contributed by atoms with Crippen molar-refractivity contribution in [2.24, 2.45) is 9.98 Å². The average Bonchev–Trinajstić information content (AvgIpc) is 2.72. The Labute approximate surface area is 171 Å². The van der Waals surface area contributed by atoms with Crippen LogP contribution in [0.4, 0.5) is 11.4 Å². The Kier molecular flexibility index (Phi) is 6.35. The van der Waals surface area contributed by atoms with Crippen molar-refractivity contribution in [1.29, 1.82) is 0 Å². The maximum absolute atomic E-state index is 11.0. The minimum absolute atomic E-state index is 0.213. The van der Waals surface area contributed by atoms with Crippen molar-refractivity contribution in [1.82, 2.24) is 0 Å². The van der Waals surface area contributed by atoms with E-state index in [1.807, 2.05) is 0 Å². The molecule has 0 bridgehead atoms. The number of phenols is 2. The van der Waals surface area contributed by atoms with E-state index in [1.165, 1.54) is 48.8 Å². The van der Waals surface area contributed by atoms with Crippen LogP contribution in [-0.2, 0) is 0 Å². The number of nitro benzene ring substituents is 2. The maximum atomic E-state index is 11.0. The number of hydrogen-bond donors (Lipinski definition) is 2. The molecule has 2 aromatic carbocycles. The Morgan fingerprint density at radius 2 is 1.20 bits per heavy atom. The van der Waals surface area contributed by atoms with Crippen molar-refractivity contribution in [3.05, 3.63) is 67.8 Å². The van der Waals surface area contributed by atoms with Crippen LogP contribution in [0.2, 0.25) is 0 Å². The first-order valence-corrected chi connectivity index (χ1v) is 9.37. The first-order valence-electron chi connectivity index (χ1n) is 9.37. The fourth-order valence-corrected chi connectivity index (χ4v) is 3.39. The van der Waals surface area contributed by atoms with Gasteiger partial charge in [0.2, 0.25) is 11.5 Å². The van der Waals surface area contributed by atoms with Gasteiger partial charge in [0.25, 0.3) is 0 Å². The quantitative estimate of drug-likeness (QED) is 0.419. The molecule has 10 heteroatoms. The number of nitro groups is 2. The van der Waals surface area contributed by atoms with Crippen LogP contribution in [0.1, 0.15) is 36.8 Å². The molecule has 1 saturated carbocycles. The van der Waals surface area contributed by atoms with E-state index < -0.39 is 32.7 Å². The highest BCUT2D eigenvalue weighted by Gasteiger charge is 2.24. The summed E-state index contributed by atoms with van der Waals surface area (Å²) in [5, 5.41) is 42.1. The number of rotatable bonds is 6. The minimum atomic E-state index is -0.661. The smallest absolute Gasteiger partial charge is 0.311 e. The van der Waals surface area contributed by atoms with Gasteiger partial charge in [0.15, 0.2) is 0 Å². The summed E-state index contributed by atoms with van der Waals surface area (Å²) >= 11 is 0. The lowest BCUT2D eigenvalue weighted by Gasteiger charge is -2.25. The minimum Gasteiger partial charge on any atom is -0.502 e. The second-order valence-corrected chi connectivity index (χ2v) is 6.92. The zero-order valence-corrected chi connectivity index (χ0v) is 15.9. The van der Waals surface area contributed by atoms with Crippen LogP contribution in [0.3, 0.4) is 0 Å². The number of hydrogen-bond acceptors (Lipinski definition) is 8. The molecular weight excluding hydrogens is 392 g/mol. The summed E-state index contributed by atoms with van der Waals surface area (Å²) in [7, 11) is 0. The van der Waals surface area contributed by atoms with E-state index in [0.29, 0.717) is 0 Å². The van der Waals surface area contributed by atoms with Gasteiger partial charge < -0.3 is 10.2 Å². The van der Waals surface area contributed by atoms with Crippen molar-refractivity contribution in [2.75, 3.05) is 0 Å². The molecular formula is C20H20N4O6. The molecule has 30 heavy (non-hydrogen) atoms. The van der Waals surface area contributed by atoms with Crippen LogP contribution in [0.25, 0.3) is 0 Å². The molecule has 2 N–H and O–H groups in total. The first-order chi connectivity index (χ1) is 14.4. The fraction of sp³-hybridized carbons (Fsp3) is 0.300. The van der Waals surface area contributed by atoms with Crippen LogP contribution in [-0.4, -0.2) is 44.6 Å². The molecule has 0 unspecified atom stereocenters. The topological polar surface area (TPSA) is 151 Å². The molecule has 0 aromatic heterocycles. The van der Waals surface area contributed by atoms with Crippen molar-refractivity contribution in [3.8, 4) is 11.5 Å². The molecule has 0 amide bonds. The summed E-state index contributed by atoms with van der Waals surface area (Å²) in [5.41, 5.74) is -0.292. The van der Waals surface area contributed by atoms with Gasteiger partial charge in [-0.3, -0.25) is 30.2 Å². The van der Waals surface area contributed by atoms with Crippen molar-refractivity contribution < 1.29 is 20.1 Å². The van der Waals surface area contributed by atoms with Crippen LogP contribution in [0.15, 0.2) is 46.4 Å². The molecule has 0 heterocycles. The van der Waals surface area contributed by atoms with E-state index in [4.69, 9.17) is 0 Å². The molecule has 156 valence electrons. The van der Waals surface area contributed by atoms with Gasteiger partial charge in [-0.2, -0.15) is 0 Å². The fourth-order valence-electron chi connectivity index (χ4n) is 3.39. The number of benzene rings is 2. The summed E-state index contributed by atoms with van der Waals surface area (Å²) in [6.07, 6.45) is 6.19. The van der Waals surface area contributed by atoms with Gasteiger partial charge in [0, 0.05) is 35.7 Å². The highest BCUT2D eigenvalue weighted by Crippen LogP contribution is 2.30. The van der Waals surface area contributed by atoms with Crippen molar-refractivity contribution in [2.45, 2.75) is 37.8 Å². The number of aromatic hydroxyl groups is 2. The van der Waals surface area contributed by atoms with Gasteiger partial charge in [-0.25, -0.2) is 0 Å². The van der Waals surface area contributed by atoms with Crippen molar-refractivity contribution >= 4 is 23.8 Å². The van der Waals surface area contributed by atoms with Crippen LogP contribution in [0.5, 0.6) is 11.5 Å². The Hall–Kier alpha value is -3.82. The standard InChI is InChI=1S/C20H20N4O6/c25-19-13(5-3-9-17(19)23(27)28)11-21-15-7-1-2-8-16(15)22-12-14-6-4-10-18(20(14)26)24(29)30/h3-6,9-12,15-16,25-26H,1-2,7-8H2/t15-,16-/m1/s1. The number of para-hydroxylation sites is 2. The molecule has 1 aliphatic carbocycles. The Balaban J connectivity index is 1.81. The lowest BCUT2D eigenvalue weighted by molar-refractivity contribution is -0.386. The molecule has 10 nitrogen and oxygen atoms in total. The SMILES string of the molecule is O=[N+]([O-])c1cccc(C=N[C@@H]2CCCC[C@H]2N=Cc2cccc([N+](=O)[O-])c2O)c1O. The van der Waals surface area contributed by atoms with Gasteiger partial charge in [0.05, 0.1) is 21.9 Å². The molecule has 0 aliphatic heterocycles. The average molecular weight is 412 g/mol. The zero-order valence-electron chi connectivity index (χ0n) is 15.9. The van der Waals surface area contributed by atoms with E-state index in [2.05, 4.69) is 9.98 Å². The first kappa shape index (κ1) is 20.9. The second-order valence-electron chi connectivity index (χ2n) is 6.92. The van der Waals surface area contributed by atoms with Crippen LogP contribution < -0.4 is 0 Å². The summed E-state index contributed by atoms with van der Waals surface area (Å²) < 4.78 is 0. The van der Waals surface area contributed by atoms with Crippen LogP contribution >= 0.6 is 0 Å². The lowest BCUT2D eigenvalue weighted by Crippen LogP contribution is -2.27. The molecule has 0 saturated heterocycles. The number of nitrogens with zero attached hydrogens (tertiary/aromatic N) is 4.